The normalized spacial score (nSPS) is 29.0. The van der Waals surface area contributed by atoms with E-state index in [2.05, 4.69) is 24.1 Å². The molecule has 1 N–H and O–H groups in total. The lowest BCUT2D eigenvalue weighted by Crippen LogP contribution is -2.52. The average molecular weight is 321 g/mol. The SMILES string of the molecule is C[C@@H]1CN(C[C@H]2CCCN2C(=O)NCc2ccco2)C[C@@H](C)O1. The van der Waals surface area contributed by atoms with E-state index < -0.39 is 0 Å². The molecule has 2 amide bonds. The monoisotopic (exact) mass is 321 g/mol. The zero-order valence-corrected chi connectivity index (χ0v) is 14.0. The number of hydrogen-bond acceptors (Lipinski definition) is 4. The van der Waals surface area contributed by atoms with Crippen molar-refractivity contribution in [2.24, 2.45) is 0 Å². The molecular formula is C17H27N3O3. The summed E-state index contributed by atoms with van der Waals surface area (Å²) in [6.45, 7) is 8.35. The molecule has 3 atom stereocenters. The summed E-state index contributed by atoms with van der Waals surface area (Å²) in [4.78, 5) is 16.9. The number of nitrogens with one attached hydrogen (secondary N) is 1. The highest BCUT2D eigenvalue weighted by atomic mass is 16.5. The summed E-state index contributed by atoms with van der Waals surface area (Å²) < 4.78 is 11.1. The van der Waals surface area contributed by atoms with Crippen molar-refractivity contribution in [3.63, 3.8) is 0 Å². The Kier molecular flexibility index (Phi) is 5.23. The predicted octanol–water partition coefficient (Wildman–Crippen LogP) is 2.06. The van der Waals surface area contributed by atoms with Crippen LogP contribution in [0.2, 0.25) is 0 Å². The summed E-state index contributed by atoms with van der Waals surface area (Å²) in [7, 11) is 0. The molecule has 3 rings (SSSR count). The number of hydrogen-bond donors (Lipinski definition) is 1. The molecule has 3 heterocycles. The molecule has 0 saturated carbocycles. The Hall–Kier alpha value is -1.53. The van der Waals surface area contributed by atoms with Gasteiger partial charge in [-0.3, -0.25) is 4.90 Å². The molecule has 0 bridgehead atoms. The van der Waals surface area contributed by atoms with Crippen molar-refractivity contribution in [2.45, 2.75) is 51.5 Å². The van der Waals surface area contributed by atoms with Crippen molar-refractivity contribution in [1.82, 2.24) is 15.1 Å². The number of morpholine rings is 1. The zero-order valence-electron chi connectivity index (χ0n) is 14.0. The zero-order chi connectivity index (χ0) is 16.2. The van der Waals surface area contributed by atoms with Gasteiger partial charge in [-0.15, -0.1) is 0 Å². The minimum absolute atomic E-state index is 0.0123. The fourth-order valence-corrected chi connectivity index (χ4v) is 3.70. The van der Waals surface area contributed by atoms with Crippen molar-refractivity contribution >= 4 is 6.03 Å². The van der Waals surface area contributed by atoms with Gasteiger partial charge < -0.3 is 19.4 Å². The van der Waals surface area contributed by atoms with E-state index in [0.29, 0.717) is 12.6 Å². The molecule has 1 aromatic rings. The third-order valence-corrected chi connectivity index (χ3v) is 4.60. The Morgan fingerprint density at radius 2 is 2.13 bits per heavy atom. The highest BCUT2D eigenvalue weighted by Gasteiger charge is 2.32. The summed E-state index contributed by atoms with van der Waals surface area (Å²) in [6, 6.07) is 4.02. The number of carbonyl (C=O) groups excluding carboxylic acids is 1. The van der Waals surface area contributed by atoms with Crippen LogP contribution in [0.5, 0.6) is 0 Å². The fraction of sp³-hybridized carbons (Fsp3) is 0.706. The van der Waals surface area contributed by atoms with Crippen LogP contribution in [0.3, 0.4) is 0 Å². The van der Waals surface area contributed by atoms with Crippen LogP contribution in [-0.2, 0) is 11.3 Å². The van der Waals surface area contributed by atoms with Crippen LogP contribution in [0.15, 0.2) is 22.8 Å². The van der Waals surface area contributed by atoms with Gasteiger partial charge >= 0.3 is 6.03 Å². The van der Waals surface area contributed by atoms with E-state index in [0.717, 1.165) is 44.8 Å². The summed E-state index contributed by atoms with van der Waals surface area (Å²) >= 11 is 0. The van der Waals surface area contributed by atoms with E-state index in [1.165, 1.54) is 0 Å². The van der Waals surface area contributed by atoms with Gasteiger partial charge in [0.2, 0.25) is 0 Å². The molecule has 0 aliphatic carbocycles. The maximum Gasteiger partial charge on any atom is 0.318 e. The highest BCUT2D eigenvalue weighted by molar-refractivity contribution is 5.74. The van der Waals surface area contributed by atoms with E-state index in [-0.39, 0.29) is 18.2 Å². The fourth-order valence-electron chi connectivity index (χ4n) is 3.70. The second-order valence-corrected chi connectivity index (χ2v) is 6.70. The predicted molar refractivity (Wildman–Crippen MR) is 87.1 cm³/mol. The lowest BCUT2D eigenvalue weighted by atomic mass is 10.1. The van der Waals surface area contributed by atoms with Gasteiger partial charge in [0.15, 0.2) is 0 Å². The molecule has 6 nitrogen and oxygen atoms in total. The minimum atomic E-state index is 0.0123. The lowest BCUT2D eigenvalue weighted by molar-refractivity contribution is -0.0713. The molecular weight excluding hydrogens is 294 g/mol. The summed E-state index contributed by atoms with van der Waals surface area (Å²) in [5.74, 6) is 0.782. The van der Waals surface area contributed by atoms with E-state index in [9.17, 15) is 4.79 Å². The van der Waals surface area contributed by atoms with Crippen molar-refractivity contribution in [2.75, 3.05) is 26.2 Å². The molecule has 6 heteroatoms. The Morgan fingerprint density at radius 3 is 2.83 bits per heavy atom. The van der Waals surface area contributed by atoms with Gasteiger partial charge in [0.1, 0.15) is 5.76 Å². The van der Waals surface area contributed by atoms with E-state index in [4.69, 9.17) is 9.15 Å². The van der Waals surface area contributed by atoms with Crippen molar-refractivity contribution < 1.29 is 13.9 Å². The third kappa shape index (κ3) is 4.26. The molecule has 2 saturated heterocycles. The largest absolute Gasteiger partial charge is 0.467 e. The van der Waals surface area contributed by atoms with Crippen molar-refractivity contribution in [1.29, 1.82) is 0 Å². The molecule has 0 radical (unpaired) electrons. The molecule has 128 valence electrons. The second-order valence-electron chi connectivity index (χ2n) is 6.70. The number of nitrogens with zero attached hydrogens (tertiary/aromatic N) is 2. The first-order chi connectivity index (χ1) is 11.1. The van der Waals surface area contributed by atoms with Crippen LogP contribution >= 0.6 is 0 Å². The van der Waals surface area contributed by atoms with Crippen molar-refractivity contribution in [3.05, 3.63) is 24.2 Å². The molecule has 23 heavy (non-hydrogen) atoms. The molecule has 0 unspecified atom stereocenters. The molecule has 1 aromatic heterocycles. The first-order valence-electron chi connectivity index (χ1n) is 8.56. The van der Waals surface area contributed by atoms with Gasteiger partial charge in [-0.05, 0) is 38.8 Å². The number of amides is 2. The molecule has 2 fully saturated rings. The number of furan rings is 1. The first kappa shape index (κ1) is 16.3. The molecule has 0 aromatic carbocycles. The van der Waals surface area contributed by atoms with Crippen LogP contribution in [-0.4, -0.2) is 60.3 Å². The van der Waals surface area contributed by atoms with Crippen LogP contribution in [0.1, 0.15) is 32.4 Å². The van der Waals surface area contributed by atoms with E-state index in [1.54, 1.807) is 6.26 Å². The van der Waals surface area contributed by atoms with Gasteiger partial charge in [0.25, 0.3) is 0 Å². The molecule has 0 spiro atoms. The Labute approximate surface area is 137 Å². The van der Waals surface area contributed by atoms with Gasteiger partial charge in [0, 0.05) is 32.2 Å². The number of likely N-dealkylation sites (tertiary alicyclic amines) is 1. The third-order valence-electron chi connectivity index (χ3n) is 4.60. The first-order valence-corrected chi connectivity index (χ1v) is 8.56. The van der Waals surface area contributed by atoms with Gasteiger partial charge in [0.05, 0.1) is 25.0 Å². The van der Waals surface area contributed by atoms with Gasteiger partial charge in [-0.1, -0.05) is 0 Å². The van der Waals surface area contributed by atoms with Crippen LogP contribution in [0, 0.1) is 0 Å². The summed E-state index contributed by atoms with van der Waals surface area (Å²) in [5.41, 5.74) is 0. The Balaban J connectivity index is 1.51. The summed E-state index contributed by atoms with van der Waals surface area (Å²) in [5, 5.41) is 2.96. The molecule has 2 aliphatic heterocycles. The minimum Gasteiger partial charge on any atom is -0.467 e. The highest BCUT2D eigenvalue weighted by Crippen LogP contribution is 2.20. The van der Waals surface area contributed by atoms with Crippen LogP contribution < -0.4 is 5.32 Å². The summed E-state index contributed by atoms with van der Waals surface area (Å²) in [6.07, 6.45) is 4.31. The molecule has 2 aliphatic rings. The standard InChI is InChI=1S/C17H27N3O3/c1-13-10-19(11-14(2)23-13)12-15-5-3-7-20(15)17(21)18-9-16-6-4-8-22-16/h4,6,8,13-15H,3,5,7,9-12H2,1-2H3,(H,18,21)/t13-,14-,15-/m1/s1. The van der Waals surface area contributed by atoms with E-state index >= 15 is 0 Å². The number of urea groups is 1. The Bertz CT molecular complexity index is 495. The number of rotatable bonds is 4. The van der Waals surface area contributed by atoms with Gasteiger partial charge in [-0.2, -0.15) is 0 Å². The quantitative estimate of drug-likeness (QED) is 0.922. The van der Waals surface area contributed by atoms with Crippen LogP contribution in [0.25, 0.3) is 0 Å². The van der Waals surface area contributed by atoms with Crippen LogP contribution in [0.4, 0.5) is 4.79 Å². The maximum atomic E-state index is 12.5. The number of ether oxygens (including phenoxy) is 1. The maximum absolute atomic E-state index is 12.5. The topological polar surface area (TPSA) is 58.0 Å². The Morgan fingerprint density at radius 1 is 1.35 bits per heavy atom. The lowest BCUT2D eigenvalue weighted by Gasteiger charge is -2.38. The van der Waals surface area contributed by atoms with Crippen molar-refractivity contribution in [3.8, 4) is 0 Å². The second kappa shape index (κ2) is 7.36. The average Bonchev–Trinajstić information content (AvgIpc) is 3.15. The van der Waals surface area contributed by atoms with Gasteiger partial charge in [-0.25, -0.2) is 4.79 Å². The smallest absolute Gasteiger partial charge is 0.318 e. The number of carbonyl (C=O) groups is 1. The van der Waals surface area contributed by atoms with E-state index in [1.807, 2.05) is 17.0 Å².